The fourth-order valence-electron chi connectivity index (χ4n) is 5.39. The van der Waals surface area contributed by atoms with Crippen LogP contribution in [0, 0.1) is 18.6 Å². The van der Waals surface area contributed by atoms with Crippen LogP contribution in [-0.4, -0.2) is 63.0 Å². The van der Waals surface area contributed by atoms with Crippen molar-refractivity contribution in [2.24, 2.45) is 0 Å². The van der Waals surface area contributed by atoms with E-state index in [0.717, 1.165) is 12.1 Å². The number of aliphatic hydroxyl groups excluding tert-OH is 1. The summed E-state index contributed by atoms with van der Waals surface area (Å²) in [6.45, 7) is 10.5. The van der Waals surface area contributed by atoms with Crippen LogP contribution < -0.4 is 16.0 Å². The Morgan fingerprint density at radius 1 is 1.18 bits per heavy atom. The van der Waals surface area contributed by atoms with Gasteiger partial charge in [-0.2, -0.15) is 0 Å². The number of hydrogen-bond donors (Lipinski definition) is 3. The maximum atomic E-state index is 14.0. The Kier molecular flexibility index (Phi) is 6.71. The van der Waals surface area contributed by atoms with Crippen molar-refractivity contribution in [3.8, 4) is 0 Å². The molecule has 1 amide bonds. The number of carbonyl (C=O) groups excluding carboxylic acids is 1. The normalized spacial score (nSPS) is 29.2. The van der Waals surface area contributed by atoms with E-state index >= 15 is 0 Å². The van der Waals surface area contributed by atoms with Crippen molar-refractivity contribution in [1.29, 1.82) is 0 Å². The van der Waals surface area contributed by atoms with Crippen LogP contribution in [0.3, 0.4) is 0 Å². The first-order valence-corrected chi connectivity index (χ1v) is 13.0. The maximum Gasteiger partial charge on any atom is 0.416 e. The Hall–Kier alpha value is -3.09. The first kappa shape index (κ1) is 27.5. The lowest BCUT2D eigenvalue weighted by molar-refractivity contribution is -0.162. The van der Waals surface area contributed by atoms with Gasteiger partial charge in [0, 0.05) is 12.0 Å². The van der Waals surface area contributed by atoms with Gasteiger partial charge in [0.05, 0.1) is 12.1 Å². The molecule has 6 atom stereocenters. The number of nitrogens with one attached hydrogen (secondary N) is 1. The number of aryl methyl sites for hydroxylation is 1. The van der Waals surface area contributed by atoms with Gasteiger partial charge in [-0.25, -0.2) is 23.5 Å². The van der Waals surface area contributed by atoms with E-state index in [2.05, 4.69) is 15.3 Å². The number of benzene rings is 1. The molecular weight excluding hydrogens is 512 g/mol. The molecule has 0 spiro atoms. The second-order valence-electron chi connectivity index (χ2n) is 11.9. The number of aliphatic hydroxyl groups is 1. The van der Waals surface area contributed by atoms with E-state index < -0.39 is 53.5 Å². The minimum absolute atomic E-state index is 0.110. The van der Waals surface area contributed by atoms with E-state index in [-0.39, 0.29) is 29.3 Å². The Bertz CT molecular complexity index is 1290. The molecule has 212 valence electrons. The molecule has 3 aliphatic rings. The molecule has 1 aromatic carbocycles. The third-order valence-corrected chi connectivity index (χ3v) is 7.07. The SMILES string of the molecule is Cc1nc(N[C@@H]2C[C@H](O)[C@H]3OC(C)(C)O[C@H]32)c(N)c(N(C(=O)OC(C)(C)C)[C@@H]2C[C@H]2c2ccc(F)c(F)c2)n1. The van der Waals surface area contributed by atoms with Gasteiger partial charge in [0.2, 0.25) is 0 Å². The number of hydrogen-bond acceptors (Lipinski definition) is 9. The van der Waals surface area contributed by atoms with Crippen LogP contribution in [0.4, 0.5) is 30.9 Å². The summed E-state index contributed by atoms with van der Waals surface area (Å²) < 4.78 is 45.1. The van der Waals surface area contributed by atoms with Crippen molar-refractivity contribution < 1.29 is 32.9 Å². The van der Waals surface area contributed by atoms with Gasteiger partial charge >= 0.3 is 6.09 Å². The molecule has 2 saturated carbocycles. The van der Waals surface area contributed by atoms with Crippen LogP contribution in [0.5, 0.6) is 0 Å². The number of carbonyl (C=O) groups is 1. The predicted molar refractivity (Wildman–Crippen MR) is 139 cm³/mol. The molecule has 1 aliphatic heterocycles. The summed E-state index contributed by atoms with van der Waals surface area (Å²) in [6.07, 6.45) is -1.51. The van der Waals surface area contributed by atoms with Crippen molar-refractivity contribution in [3.05, 3.63) is 41.2 Å². The quantitative estimate of drug-likeness (QED) is 0.508. The van der Waals surface area contributed by atoms with Crippen LogP contribution in [-0.2, 0) is 14.2 Å². The first-order chi connectivity index (χ1) is 18.1. The third-order valence-electron chi connectivity index (χ3n) is 7.07. The first-order valence-electron chi connectivity index (χ1n) is 13.0. The zero-order chi connectivity index (χ0) is 28.4. The topological polar surface area (TPSA) is 132 Å². The van der Waals surface area contributed by atoms with Gasteiger partial charge in [0.15, 0.2) is 29.1 Å². The van der Waals surface area contributed by atoms with E-state index in [4.69, 9.17) is 19.9 Å². The van der Waals surface area contributed by atoms with Gasteiger partial charge in [0.25, 0.3) is 0 Å². The average molecular weight is 548 g/mol. The third kappa shape index (κ3) is 5.50. The summed E-state index contributed by atoms with van der Waals surface area (Å²) in [5.41, 5.74) is 6.43. The van der Waals surface area contributed by atoms with Crippen molar-refractivity contribution in [3.63, 3.8) is 0 Å². The van der Waals surface area contributed by atoms with Crippen LogP contribution in [0.2, 0.25) is 0 Å². The minimum Gasteiger partial charge on any atom is -0.443 e. The zero-order valence-corrected chi connectivity index (χ0v) is 22.9. The molecule has 0 radical (unpaired) electrons. The van der Waals surface area contributed by atoms with Crippen molar-refractivity contribution in [1.82, 2.24) is 9.97 Å². The number of amides is 1. The fraction of sp³-hybridized carbons (Fsp3) is 0.593. The second kappa shape index (κ2) is 9.53. The molecule has 3 fully saturated rings. The Balaban J connectivity index is 1.47. The van der Waals surface area contributed by atoms with E-state index in [0.29, 0.717) is 24.2 Å². The molecule has 4 N–H and O–H groups in total. The highest BCUT2D eigenvalue weighted by Gasteiger charge is 2.54. The number of nitrogen functional groups attached to an aromatic ring is 1. The number of halogens is 2. The molecule has 2 heterocycles. The smallest absolute Gasteiger partial charge is 0.416 e. The number of rotatable bonds is 5. The number of fused-ring (bicyclic) bond motifs is 1. The molecule has 1 aromatic heterocycles. The minimum atomic E-state index is -0.954. The van der Waals surface area contributed by atoms with Crippen LogP contribution in [0.25, 0.3) is 0 Å². The zero-order valence-electron chi connectivity index (χ0n) is 22.9. The maximum absolute atomic E-state index is 14.0. The highest BCUT2D eigenvalue weighted by molar-refractivity contribution is 5.94. The molecule has 2 aromatic rings. The van der Waals surface area contributed by atoms with Crippen LogP contribution in [0.15, 0.2) is 18.2 Å². The molecule has 1 saturated heterocycles. The lowest BCUT2D eigenvalue weighted by Gasteiger charge is -2.29. The van der Waals surface area contributed by atoms with Gasteiger partial charge in [-0.05, 0) is 72.1 Å². The largest absolute Gasteiger partial charge is 0.443 e. The number of aromatic nitrogens is 2. The Labute approximate surface area is 225 Å². The van der Waals surface area contributed by atoms with Crippen molar-refractivity contribution in [2.45, 2.75) is 102 Å². The van der Waals surface area contributed by atoms with E-state index in [9.17, 15) is 18.7 Å². The van der Waals surface area contributed by atoms with Gasteiger partial charge in [-0.15, -0.1) is 0 Å². The highest BCUT2D eigenvalue weighted by atomic mass is 19.2. The Morgan fingerprint density at radius 2 is 1.87 bits per heavy atom. The molecule has 39 heavy (non-hydrogen) atoms. The average Bonchev–Trinajstić information content (AvgIpc) is 3.44. The van der Waals surface area contributed by atoms with Crippen molar-refractivity contribution in [2.75, 3.05) is 16.0 Å². The molecular formula is C27H35F2N5O5. The second-order valence-corrected chi connectivity index (χ2v) is 11.9. The summed E-state index contributed by atoms with van der Waals surface area (Å²) in [5, 5.41) is 13.8. The van der Waals surface area contributed by atoms with E-state index in [1.54, 1.807) is 41.5 Å². The van der Waals surface area contributed by atoms with Crippen LogP contribution >= 0.6 is 0 Å². The summed E-state index contributed by atoms with van der Waals surface area (Å²) in [4.78, 5) is 23.8. The number of nitrogens with two attached hydrogens (primary N) is 1. The summed E-state index contributed by atoms with van der Waals surface area (Å²) in [6, 6.07) is 2.91. The highest BCUT2D eigenvalue weighted by Crippen LogP contribution is 2.48. The standard InChI is InChI=1S/C27H35F2N5O5/c1-12-31-23(33-17-11-19(35)22-21(17)37-27(5,6)38-22)20(30)24(32-12)34(25(36)39-26(2,3)4)18-10-14(18)13-7-8-15(28)16(29)9-13/h7-9,14,17-19,21-22,35H,10-11,30H2,1-6H3,(H,31,32,33)/t14-,17+,18+,19-,21-,22+/m0/s1. The van der Waals surface area contributed by atoms with Crippen molar-refractivity contribution >= 4 is 23.4 Å². The van der Waals surface area contributed by atoms with Gasteiger partial charge in [-0.1, -0.05) is 6.07 Å². The molecule has 12 heteroatoms. The number of ether oxygens (including phenoxy) is 3. The molecule has 5 rings (SSSR count). The molecule has 0 bridgehead atoms. The van der Waals surface area contributed by atoms with E-state index in [1.165, 1.54) is 11.0 Å². The number of nitrogens with zero attached hydrogens (tertiary/aromatic N) is 3. The van der Waals surface area contributed by atoms with Gasteiger partial charge in [-0.3, -0.25) is 4.90 Å². The lowest BCUT2D eigenvalue weighted by atomic mass is 10.1. The molecule has 0 unspecified atom stereocenters. The van der Waals surface area contributed by atoms with Crippen LogP contribution in [0.1, 0.15) is 64.8 Å². The Morgan fingerprint density at radius 3 is 2.54 bits per heavy atom. The van der Waals surface area contributed by atoms with E-state index in [1.807, 2.05) is 0 Å². The monoisotopic (exact) mass is 547 g/mol. The summed E-state index contributed by atoms with van der Waals surface area (Å²) in [7, 11) is 0. The fourth-order valence-corrected chi connectivity index (χ4v) is 5.39. The predicted octanol–water partition coefficient (Wildman–Crippen LogP) is 4.01. The van der Waals surface area contributed by atoms with Gasteiger partial charge < -0.3 is 30.4 Å². The summed E-state index contributed by atoms with van der Waals surface area (Å²) in [5.74, 6) is -2.23. The lowest BCUT2D eigenvalue weighted by Crippen LogP contribution is -2.40. The molecule has 2 aliphatic carbocycles. The summed E-state index contributed by atoms with van der Waals surface area (Å²) >= 11 is 0. The van der Waals surface area contributed by atoms with Gasteiger partial charge in [0.1, 0.15) is 29.3 Å². The number of anilines is 3. The molecule has 10 nitrogen and oxygen atoms in total.